The van der Waals surface area contributed by atoms with Crippen LogP contribution in [0.3, 0.4) is 0 Å². The van der Waals surface area contributed by atoms with Crippen LogP contribution >= 0.6 is 0 Å². The predicted octanol–water partition coefficient (Wildman–Crippen LogP) is 2.13. The molecule has 8 unspecified atom stereocenters. The van der Waals surface area contributed by atoms with E-state index < -0.39 is 0 Å². The van der Waals surface area contributed by atoms with Gasteiger partial charge >= 0.3 is 0 Å². The molecule has 7 rings (SSSR count). The summed E-state index contributed by atoms with van der Waals surface area (Å²) in [6.45, 7) is 3.30. The minimum absolute atomic E-state index is 0.0367. The van der Waals surface area contributed by atoms with Crippen LogP contribution in [0.4, 0.5) is 5.69 Å². The third kappa shape index (κ3) is 1.05. The van der Waals surface area contributed by atoms with Gasteiger partial charge in [-0.25, -0.2) is 0 Å². The number of rotatable bonds is 0. The van der Waals surface area contributed by atoms with Gasteiger partial charge in [-0.3, -0.25) is 4.90 Å². The minimum Gasteiger partial charge on any atom is -0.392 e. The highest BCUT2D eigenvalue weighted by Crippen LogP contribution is 2.66. The Hall–Kier alpha value is -1.32. The van der Waals surface area contributed by atoms with Crippen LogP contribution in [0.25, 0.3) is 0 Å². The monoisotopic (exact) mass is 294 g/mol. The lowest BCUT2D eigenvalue weighted by Gasteiger charge is -2.57. The smallest absolute Gasteiger partial charge is 0.0707 e. The number of benzene rings is 1. The van der Waals surface area contributed by atoms with E-state index in [1.807, 2.05) is 0 Å². The standard InChI is InChI=1S/C19H22N2O/c1-2-10-9-21-14-7-11(10)16-15(21)8-19(18(16)22)12-5-3-4-6-13(12)20-17(14)19/h2-6,11,14-18,20,22H,7-9H2,1H3/b10-2-. The number of aliphatic hydroxyl groups is 1. The maximum atomic E-state index is 11.4. The maximum absolute atomic E-state index is 11.4. The molecule has 1 aromatic rings. The summed E-state index contributed by atoms with van der Waals surface area (Å²) >= 11 is 0. The molecule has 1 aliphatic carbocycles. The molecule has 3 nitrogen and oxygen atoms in total. The van der Waals surface area contributed by atoms with Gasteiger partial charge in [0.25, 0.3) is 0 Å². The Morgan fingerprint density at radius 3 is 3.05 bits per heavy atom. The van der Waals surface area contributed by atoms with E-state index in [2.05, 4.69) is 47.5 Å². The molecule has 22 heavy (non-hydrogen) atoms. The van der Waals surface area contributed by atoms with Crippen LogP contribution in [0.2, 0.25) is 0 Å². The summed E-state index contributed by atoms with van der Waals surface area (Å²) in [4.78, 5) is 2.72. The van der Waals surface area contributed by atoms with E-state index in [0.717, 1.165) is 13.0 Å². The maximum Gasteiger partial charge on any atom is 0.0707 e. The Labute approximate surface area is 131 Å². The molecule has 5 bridgehead atoms. The van der Waals surface area contributed by atoms with Gasteiger partial charge in [0.2, 0.25) is 0 Å². The van der Waals surface area contributed by atoms with Gasteiger partial charge in [0.15, 0.2) is 0 Å². The Bertz CT molecular complexity index is 713. The summed E-state index contributed by atoms with van der Waals surface area (Å²) in [5, 5.41) is 15.2. The van der Waals surface area contributed by atoms with Crippen molar-refractivity contribution >= 4 is 5.69 Å². The summed E-state index contributed by atoms with van der Waals surface area (Å²) < 4.78 is 0. The van der Waals surface area contributed by atoms with Crippen molar-refractivity contribution in [3.8, 4) is 0 Å². The number of allylic oxidation sites excluding steroid dienone is 1. The number of hydrogen-bond donors (Lipinski definition) is 2. The van der Waals surface area contributed by atoms with E-state index in [-0.39, 0.29) is 11.5 Å². The van der Waals surface area contributed by atoms with Crippen LogP contribution in [-0.4, -0.2) is 40.8 Å². The molecule has 6 aliphatic rings. The first-order valence-corrected chi connectivity index (χ1v) is 8.70. The molecular formula is C19H22N2O. The highest BCUT2D eigenvalue weighted by atomic mass is 16.3. The summed E-state index contributed by atoms with van der Waals surface area (Å²) in [6, 6.07) is 10.3. The van der Waals surface area contributed by atoms with E-state index >= 15 is 0 Å². The van der Waals surface area contributed by atoms with Gasteiger partial charge in [-0.15, -0.1) is 0 Å². The number of fused-ring (bicyclic) bond motifs is 2. The van der Waals surface area contributed by atoms with Crippen LogP contribution in [0.5, 0.6) is 0 Å². The zero-order valence-corrected chi connectivity index (χ0v) is 12.9. The molecule has 8 atom stereocenters. The molecule has 0 aromatic heterocycles. The Balaban J connectivity index is 1.60. The van der Waals surface area contributed by atoms with Crippen LogP contribution in [0, 0.1) is 11.8 Å². The Morgan fingerprint density at radius 1 is 1.32 bits per heavy atom. The second kappa shape index (κ2) is 3.60. The first-order chi connectivity index (χ1) is 10.8. The summed E-state index contributed by atoms with van der Waals surface area (Å²) in [5.74, 6) is 1.05. The number of aliphatic hydroxyl groups excluding tert-OH is 1. The van der Waals surface area contributed by atoms with Crippen molar-refractivity contribution in [1.29, 1.82) is 0 Å². The van der Waals surface area contributed by atoms with Crippen molar-refractivity contribution in [3.63, 3.8) is 0 Å². The predicted molar refractivity (Wildman–Crippen MR) is 85.8 cm³/mol. The number of para-hydroxylation sites is 1. The van der Waals surface area contributed by atoms with Gasteiger partial charge in [-0.2, -0.15) is 0 Å². The third-order valence-electron chi connectivity index (χ3n) is 7.59. The first kappa shape index (κ1) is 12.1. The molecule has 2 N–H and O–H groups in total. The minimum atomic E-state index is -0.200. The largest absolute Gasteiger partial charge is 0.392 e. The van der Waals surface area contributed by atoms with Crippen LogP contribution in [0.15, 0.2) is 35.9 Å². The highest BCUT2D eigenvalue weighted by Gasteiger charge is 2.73. The van der Waals surface area contributed by atoms with Gasteiger partial charge in [-0.05, 0) is 37.3 Å². The average molecular weight is 294 g/mol. The molecule has 1 aromatic carbocycles. The van der Waals surface area contributed by atoms with E-state index in [1.54, 1.807) is 5.57 Å². The van der Waals surface area contributed by atoms with Gasteiger partial charge in [-0.1, -0.05) is 29.8 Å². The molecule has 114 valence electrons. The SMILES string of the molecule is C/C=C1/CN2C3CC45c6ccccc6NC4C2CC1C3C5O. The van der Waals surface area contributed by atoms with Gasteiger partial charge in [0.05, 0.1) is 12.1 Å². The molecule has 0 amide bonds. The second-order valence-electron chi connectivity index (χ2n) is 7.95. The number of anilines is 1. The lowest BCUT2D eigenvalue weighted by Crippen LogP contribution is -2.66. The first-order valence-electron chi connectivity index (χ1n) is 8.70. The fourth-order valence-corrected chi connectivity index (χ4v) is 6.87. The van der Waals surface area contributed by atoms with E-state index in [1.165, 1.54) is 17.7 Å². The average Bonchev–Trinajstić information content (AvgIpc) is 3.02. The van der Waals surface area contributed by atoms with Crippen molar-refractivity contribution in [2.75, 3.05) is 11.9 Å². The fraction of sp³-hybridized carbons (Fsp3) is 0.579. The summed E-state index contributed by atoms with van der Waals surface area (Å²) in [6.07, 6.45) is 4.47. The second-order valence-corrected chi connectivity index (χ2v) is 7.95. The molecule has 3 heteroatoms. The van der Waals surface area contributed by atoms with Crippen molar-refractivity contribution in [3.05, 3.63) is 41.5 Å². The number of nitrogens with one attached hydrogen (secondary N) is 1. The molecule has 5 heterocycles. The zero-order chi connectivity index (χ0) is 14.6. The van der Waals surface area contributed by atoms with Crippen molar-refractivity contribution < 1.29 is 5.11 Å². The molecule has 1 saturated carbocycles. The highest BCUT2D eigenvalue weighted by molar-refractivity contribution is 5.65. The normalized spacial score (nSPS) is 54.5. The summed E-state index contributed by atoms with van der Waals surface area (Å²) in [7, 11) is 0. The van der Waals surface area contributed by atoms with Crippen molar-refractivity contribution in [1.82, 2.24) is 4.90 Å². The van der Waals surface area contributed by atoms with Crippen molar-refractivity contribution in [2.45, 2.75) is 49.4 Å². The quantitative estimate of drug-likeness (QED) is 0.720. The van der Waals surface area contributed by atoms with Gasteiger partial charge < -0.3 is 10.4 Å². The summed E-state index contributed by atoms with van der Waals surface area (Å²) in [5.41, 5.74) is 4.18. The van der Waals surface area contributed by atoms with Gasteiger partial charge in [0.1, 0.15) is 0 Å². The molecular weight excluding hydrogens is 272 g/mol. The number of piperidine rings is 4. The third-order valence-corrected chi connectivity index (χ3v) is 7.59. The Morgan fingerprint density at radius 2 is 2.18 bits per heavy atom. The van der Waals surface area contributed by atoms with Crippen LogP contribution in [0.1, 0.15) is 25.3 Å². The van der Waals surface area contributed by atoms with E-state index in [0.29, 0.717) is 30.0 Å². The number of hydrogen-bond acceptors (Lipinski definition) is 3. The molecule has 4 saturated heterocycles. The van der Waals surface area contributed by atoms with Crippen LogP contribution < -0.4 is 5.32 Å². The lowest BCUT2D eigenvalue weighted by atomic mass is 9.65. The van der Waals surface area contributed by atoms with Crippen LogP contribution in [-0.2, 0) is 5.41 Å². The lowest BCUT2D eigenvalue weighted by molar-refractivity contribution is -0.0318. The topological polar surface area (TPSA) is 35.5 Å². The van der Waals surface area contributed by atoms with Crippen molar-refractivity contribution in [2.24, 2.45) is 11.8 Å². The zero-order valence-electron chi connectivity index (χ0n) is 12.9. The van der Waals surface area contributed by atoms with E-state index in [9.17, 15) is 5.11 Å². The molecule has 0 radical (unpaired) electrons. The fourth-order valence-electron chi connectivity index (χ4n) is 6.87. The molecule has 1 spiro atoms. The molecule has 5 aliphatic heterocycles. The number of nitrogens with zero attached hydrogens (tertiary/aromatic N) is 1. The molecule has 5 fully saturated rings. The van der Waals surface area contributed by atoms with Gasteiger partial charge in [0, 0.05) is 35.6 Å². The Kier molecular flexibility index (Phi) is 1.99. The van der Waals surface area contributed by atoms with E-state index in [4.69, 9.17) is 0 Å².